The van der Waals surface area contributed by atoms with E-state index in [2.05, 4.69) is 44.4 Å². The molecule has 3 heterocycles. The van der Waals surface area contributed by atoms with Gasteiger partial charge in [-0.15, -0.1) is 22.7 Å². The quantitative estimate of drug-likeness (QED) is 0.759. The van der Waals surface area contributed by atoms with Gasteiger partial charge in [-0.1, -0.05) is 6.92 Å². The molecule has 0 saturated carbocycles. The minimum atomic E-state index is 0.317. The molecule has 19 heavy (non-hydrogen) atoms. The van der Waals surface area contributed by atoms with Crippen LogP contribution in [-0.2, 0) is 6.42 Å². The lowest BCUT2D eigenvalue weighted by Gasteiger charge is -2.15. The van der Waals surface area contributed by atoms with Crippen LogP contribution in [0.3, 0.4) is 0 Å². The van der Waals surface area contributed by atoms with Crippen LogP contribution in [0.5, 0.6) is 0 Å². The molecule has 3 aromatic rings. The predicted octanol–water partition coefficient (Wildman–Crippen LogP) is 3.14. The summed E-state index contributed by atoms with van der Waals surface area (Å²) in [5, 5.41) is 5.64. The Morgan fingerprint density at radius 3 is 3.11 bits per heavy atom. The van der Waals surface area contributed by atoms with Gasteiger partial charge in [0.15, 0.2) is 4.96 Å². The predicted molar refractivity (Wildman–Crippen MR) is 79.9 cm³/mol. The third-order valence-corrected chi connectivity index (χ3v) is 4.65. The SMILES string of the molecule is CCCNC(Cc1cn2ccsc2n1)c1cncs1. The van der Waals surface area contributed by atoms with E-state index in [4.69, 9.17) is 0 Å². The molecule has 3 aromatic heterocycles. The molecule has 0 aliphatic rings. The Hall–Kier alpha value is -1.24. The van der Waals surface area contributed by atoms with Crippen molar-refractivity contribution in [3.63, 3.8) is 0 Å². The molecular weight excluding hydrogens is 276 g/mol. The fraction of sp³-hybridized carbons (Fsp3) is 0.385. The summed E-state index contributed by atoms with van der Waals surface area (Å²) in [6.07, 6.45) is 8.17. The summed E-state index contributed by atoms with van der Waals surface area (Å²) in [5.41, 5.74) is 3.02. The minimum Gasteiger partial charge on any atom is -0.309 e. The lowest BCUT2D eigenvalue weighted by atomic mass is 10.1. The average Bonchev–Trinajstić information content (AvgIpc) is 3.09. The van der Waals surface area contributed by atoms with Crippen molar-refractivity contribution in [2.45, 2.75) is 25.8 Å². The van der Waals surface area contributed by atoms with Crippen LogP contribution >= 0.6 is 22.7 Å². The van der Waals surface area contributed by atoms with Crippen molar-refractivity contribution in [3.8, 4) is 0 Å². The monoisotopic (exact) mass is 292 g/mol. The zero-order valence-electron chi connectivity index (χ0n) is 10.7. The van der Waals surface area contributed by atoms with Crippen molar-refractivity contribution in [2.75, 3.05) is 6.54 Å². The Morgan fingerprint density at radius 2 is 2.37 bits per heavy atom. The number of fused-ring (bicyclic) bond motifs is 1. The Labute approximate surface area is 120 Å². The summed E-state index contributed by atoms with van der Waals surface area (Å²) in [4.78, 5) is 11.2. The Morgan fingerprint density at radius 1 is 1.42 bits per heavy atom. The van der Waals surface area contributed by atoms with Crippen molar-refractivity contribution in [1.29, 1.82) is 0 Å². The van der Waals surface area contributed by atoms with E-state index < -0.39 is 0 Å². The first-order chi connectivity index (χ1) is 9.36. The smallest absolute Gasteiger partial charge is 0.193 e. The molecule has 0 aliphatic heterocycles. The van der Waals surface area contributed by atoms with Crippen molar-refractivity contribution in [1.82, 2.24) is 19.7 Å². The van der Waals surface area contributed by atoms with Crippen molar-refractivity contribution in [2.24, 2.45) is 0 Å². The van der Waals surface area contributed by atoms with Crippen LogP contribution in [0.2, 0.25) is 0 Å². The third-order valence-electron chi connectivity index (χ3n) is 2.99. The maximum absolute atomic E-state index is 4.66. The van der Waals surface area contributed by atoms with Gasteiger partial charge in [0.2, 0.25) is 0 Å². The van der Waals surface area contributed by atoms with E-state index in [0.717, 1.165) is 30.0 Å². The number of hydrogen-bond donors (Lipinski definition) is 1. The van der Waals surface area contributed by atoms with Crippen LogP contribution in [0.4, 0.5) is 0 Å². The van der Waals surface area contributed by atoms with Crippen LogP contribution < -0.4 is 5.32 Å². The van der Waals surface area contributed by atoms with E-state index in [9.17, 15) is 0 Å². The van der Waals surface area contributed by atoms with Crippen LogP contribution in [0.15, 0.2) is 29.5 Å². The first kappa shape index (κ1) is 12.8. The van der Waals surface area contributed by atoms with Crippen LogP contribution in [0, 0.1) is 0 Å². The van der Waals surface area contributed by atoms with Gasteiger partial charge in [-0.05, 0) is 13.0 Å². The number of nitrogens with zero attached hydrogens (tertiary/aromatic N) is 3. The highest BCUT2D eigenvalue weighted by Crippen LogP contribution is 2.22. The first-order valence-electron chi connectivity index (χ1n) is 6.39. The summed E-state index contributed by atoms with van der Waals surface area (Å²) in [6.45, 7) is 3.20. The zero-order valence-corrected chi connectivity index (χ0v) is 12.4. The molecular formula is C13H16N4S2. The summed E-state index contributed by atoms with van der Waals surface area (Å²) in [5.74, 6) is 0. The molecule has 0 fully saturated rings. The maximum atomic E-state index is 4.66. The van der Waals surface area contributed by atoms with Gasteiger partial charge in [0.25, 0.3) is 0 Å². The number of thiazole rings is 2. The summed E-state index contributed by atoms with van der Waals surface area (Å²) >= 11 is 3.38. The van der Waals surface area contributed by atoms with Crippen LogP contribution in [0.1, 0.15) is 30.0 Å². The molecule has 0 bridgehead atoms. The van der Waals surface area contributed by atoms with E-state index in [0.29, 0.717) is 6.04 Å². The molecule has 0 radical (unpaired) electrons. The second kappa shape index (κ2) is 5.81. The highest BCUT2D eigenvalue weighted by atomic mass is 32.1. The van der Waals surface area contributed by atoms with E-state index in [1.54, 1.807) is 22.7 Å². The number of hydrogen-bond acceptors (Lipinski definition) is 5. The second-order valence-electron chi connectivity index (χ2n) is 4.44. The standard InChI is InChI=1S/C13H16N4S2/c1-2-3-15-11(12-7-14-9-19-12)6-10-8-17-4-5-18-13(17)16-10/h4-5,7-9,11,15H,2-3,6H2,1H3. The molecule has 1 N–H and O–H groups in total. The summed E-state index contributed by atoms with van der Waals surface area (Å²) < 4.78 is 2.09. The highest BCUT2D eigenvalue weighted by molar-refractivity contribution is 7.15. The second-order valence-corrected chi connectivity index (χ2v) is 6.23. The lowest BCUT2D eigenvalue weighted by Crippen LogP contribution is -2.23. The van der Waals surface area contributed by atoms with Gasteiger partial charge in [0.05, 0.1) is 11.2 Å². The number of imidazole rings is 1. The Bertz CT molecular complexity index is 597. The van der Waals surface area contributed by atoms with E-state index >= 15 is 0 Å². The molecule has 1 unspecified atom stereocenters. The maximum Gasteiger partial charge on any atom is 0.193 e. The molecule has 0 amide bonds. The summed E-state index contributed by atoms with van der Waals surface area (Å²) in [7, 11) is 0. The zero-order chi connectivity index (χ0) is 13.1. The van der Waals surface area contributed by atoms with E-state index in [1.165, 1.54) is 4.88 Å². The van der Waals surface area contributed by atoms with Crippen LogP contribution in [0.25, 0.3) is 4.96 Å². The Kier molecular flexibility index (Phi) is 3.91. The number of nitrogens with one attached hydrogen (secondary N) is 1. The molecule has 0 spiro atoms. The third kappa shape index (κ3) is 2.86. The fourth-order valence-electron chi connectivity index (χ4n) is 2.07. The normalized spacial score (nSPS) is 13.1. The highest BCUT2D eigenvalue weighted by Gasteiger charge is 2.15. The molecule has 6 heteroatoms. The van der Waals surface area contributed by atoms with Gasteiger partial charge < -0.3 is 5.32 Å². The van der Waals surface area contributed by atoms with Gasteiger partial charge in [-0.25, -0.2) is 4.98 Å². The lowest BCUT2D eigenvalue weighted by molar-refractivity contribution is 0.532. The largest absolute Gasteiger partial charge is 0.309 e. The van der Waals surface area contributed by atoms with Gasteiger partial charge >= 0.3 is 0 Å². The van der Waals surface area contributed by atoms with Gasteiger partial charge in [-0.2, -0.15) is 0 Å². The molecule has 0 aliphatic carbocycles. The van der Waals surface area contributed by atoms with E-state index in [-0.39, 0.29) is 0 Å². The van der Waals surface area contributed by atoms with Gasteiger partial charge in [0.1, 0.15) is 0 Å². The first-order valence-corrected chi connectivity index (χ1v) is 8.15. The number of aromatic nitrogens is 3. The topological polar surface area (TPSA) is 42.2 Å². The van der Waals surface area contributed by atoms with Crippen molar-refractivity contribution < 1.29 is 0 Å². The van der Waals surface area contributed by atoms with Crippen molar-refractivity contribution in [3.05, 3.63) is 40.1 Å². The molecule has 3 rings (SSSR count). The fourth-order valence-corrected chi connectivity index (χ4v) is 3.49. The molecule has 1 atom stereocenters. The molecule has 4 nitrogen and oxygen atoms in total. The van der Waals surface area contributed by atoms with Gasteiger partial charge in [-0.3, -0.25) is 9.38 Å². The van der Waals surface area contributed by atoms with Gasteiger partial charge in [0, 0.05) is 41.3 Å². The molecule has 0 aromatic carbocycles. The number of rotatable bonds is 6. The Balaban J connectivity index is 1.78. The van der Waals surface area contributed by atoms with Crippen LogP contribution in [-0.4, -0.2) is 20.9 Å². The minimum absolute atomic E-state index is 0.317. The molecule has 100 valence electrons. The van der Waals surface area contributed by atoms with E-state index in [1.807, 2.05) is 11.7 Å². The molecule has 0 saturated heterocycles. The van der Waals surface area contributed by atoms with Crippen molar-refractivity contribution >= 4 is 27.6 Å². The summed E-state index contributed by atoms with van der Waals surface area (Å²) in [6, 6.07) is 0.317. The average molecular weight is 292 g/mol.